The molecule has 0 amide bonds. The number of benzene rings is 1. The Morgan fingerprint density at radius 2 is 1.72 bits per heavy atom. The van der Waals surface area contributed by atoms with Crippen LogP contribution in [0.1, 0.15) is 63.6 Å². The molecule has 1 rings (SSSR count). The molecule has 0 aliphatic carbocycles. The summed E-state index contributed by atoms with van der Waals surface area (Å²) >= 11 is 0. The molecule has 1 nitrogen and oxygen atoms in total. The van der Waals surface area contributed by atoms with Gasteiger partial charge in [-0.05, 0) is 43.4 Å². The highest BCUT2D eigenvalue weighted by molar-refractivity contribution is 5.26. The van der Waals surface area contributed by atoms with Gasteiger partial charge in [0.05, 0.1) is 0 Å². The fourth-order valence-corrected chi connectivity index (χ4v) is 2.90. The monoisotopic (exact) mass is 247 g/mol. The van der Waals surface area contributed by atoms with Crippen LogP contribution in [0.3, 0.4) is 0 Å². The largest absolute Gasteiger partial charge is 0.313 e. The van der Waals surface area contributed by atoms with Crippen LogP contribution in [0.4, 0.5) is 0 Å². The van der Waals surface area contributed by atoms with Gasteiger partial charge in [0.1, 0.15) is 0 Å². The van der Waals surface area contributed by atoms with Gasteiger partial charge in [0.25, 0.3) is 0 Å². The van der Waals surface area contributed by atoms with Crippen molar-refractivity contribution in [1.82, 2.24) is 5.32 Å². The van der Waals surface area contributed by atoms with Crippen LogP contribution in [0.25, 0.3) is 0 Å². The van der Waals surface area contributed by atoms with E-state index < -0.39 is 0 Å². The molecule has 18 heavy (non-hydrogen) atoms. The van der Waals surface area contributed by atoms with E-state index in [0.717, 1.165) is 12.3 Å². The minimum Gasteiger partial charge on any atom is -0.313 e. The number of rotatable bonds is 8. The smallest absolute Gasteiger partial charge is 0.0346 e. The van der Waals surface area contributed by atoms with Crippen molar-refractivity contribution in [2.45, 2.75) is 58.9 Å². The van der Waals surface area contributed by atoms with Crippen molar-refractivity contribution < 1.29 is 0 Å². The molecule has 0 aliphatic heterocycles. The summed E-state index contributed by atoms with van der Waals surface area (Å²) in [6.07, 6.45) is 6.30. The van der Waals surface area contributed by atoms with E-state index in [1.807, 2.05) is 0 Å². The van der Waals surface area contributed by atoms with Gasteiger partial charge in [0, 0.05) is 6.04 Å². The quantitative estimate of drug-likeness (QED) is 0.700. The fraction of sp³-hybridized carbons (Fsp3) is 0.647. The highest BCUT2D eigenvalue weighted by Gasteiger charge is 2.20. The molecule has 1 heteroatoms. The van der Waals surface area contributed by atoms with Crippen molar-refractivity contribution in [2.75, 3.05) is 7.05 Å². The third-order valence-corrected chi connectivity index (χ3v) is 3.82. The van der Waals surface area contributed by atoms with E-state index in [9.17, 15) is 0 Å². The topological polar surface area (TPSA) is 12.0 Å². The summed E-state index contributed by atoms with van der Waals surface area (Å²) in [6.45, 7) is 6.80. The van der Waals surface area contributed by atoms with Crippen LogP contribution in [0.2, 0.25) is 0 Å². The van der Waals surface area contributed by atoms with Crippen LogP contribution in [0, 0.1) is 5.92 Å². The maximum atomic E-state index is 3.54. The first kappa shape index (κ1) is 15.2. The van der Waals surface area contributed by atoms with Crippen LogP contribution < -0.4 is 5.32 Å². The highest BCUT2D eigenvalue weighted by atomic mass is 14.9. The van der Waals surface area contributed by atoms with Gasteiger partial charge in [-0.25, -0.2) is 0 Å². The first-order valence-corrected chi connectivity index (χ1v) is 7.52. The molecule has 1 atom stereocenters. The van der Waals surface area contributed by atoms with E-state index >= 15 is 0 Å². The van der Waals surface area contributed by atoms with Crippen molar-refractivity contribution in [3.05, 3.63) is 35.4 Å². The summed E-state index contributed by atoms with van der Waals surface area (Å²) in [5.74, 6) is 0.761. The lowest BCUT2D eigenvalue weighted by Gasteiger charge is -2.27. The van der Waals surface area contributed by atoms with Gasteiger partial charge in [-0.15, -0.1) is 0 Å². The molecule has 102 valence electrons. The summed E-state index contributed by atoms with van der Waals surface area (Å²) in [7, 11) is 2.10. The SMILES string of the molecule is CCCC(CCC)C(NC)c1cccc(CC)c1. The minimum atomic E-state index is 0.511. The van der Waals surface area contributed by atoms with Crippen molar-refractivity contribution in [1.29, 1.82) is 0 Å². The maximum Gasteiger partial charge on any atom is 0.0346 e. The molecule has 0 fully saturated rings. The second kappa shape index (κ2) is 8.31. The molecule has 0 radical (unpaired) electrons. The van der Waals surface area contributed by atoms with E-state index in [4.69, 9.17) is 0 Å². The van der Waals surface area contributed by atoms with Crippen LogP contribution in [-0.2, 0) is 6.42 Å². The number of aryl methyl sites for hydroxylation is 1. The Labute approximate surface area is 113 Å². The van der Waals surface area contributed by atoms with E-state index in [2.05, 4.69) is 57.4 Å². The maximum absolute atomic E-state index is 3.54. The van der Waals surface area contributed by atoms with Crippen LogP contribution >= 0.6 is 0 Å². The summed E-state index contributed by atoms with van der Waals surface area (Å²) < 4.78 is 0. The molecular weight excluding hydrogens is 218 g/mol. The molecule has 1 aromatic rings. The van der Waals surface area contributed by atoms with Gasteiger partial charge in [0.15, 0.2) is 0 Å². The second-order valence-corrected chi connectivity index (χ2v) is 5.20. The summed E-state index contributed by atoms with van der Waals surface area (Å²) in [5.41, 5.74) is 2.91. The zero-order valence-electron chi connectivity index (χ0n) is 12.5. The number of nitrogens with one attached hydrogen (secondary N) is 1. The zero-order valence-corrected chi connectivity index (χ0v) is 12.5. The van der Waals surface area contributed by atoms with Crippen LogP contribution in [0.5, 0.6) is 0 Å². The first-order chi connectivity index (χ1) is 8.76. The van der Waals surface area contributed by atoms with Crippen molar-refractivity contribution in [3.63, 3.8) is 0 Å². The Morgan fingerprint density at radius 3 is 2.22 bits per heavy atom. The molecule has 0 spiro atoms. The van der Waals surface area contributed by atoms with Gasteiger partial charge < -0.3 is 5.32 Å². The summed E-state index contributed by atoms with van der Waals surface area (Å²) in [4.78, 5) is 0. The highest BCUT2D eigenvalue weighted by Crippen LogP contribution is 2.29. The normalized spacial score (nSPS) is 12.9. The average molecular weight is 247 g/mol. The van der Waals surface area contributed by atoms with Gasteiger partial charge in [0.2, 0.25) is 0 Å². The van der Waals surface area contributed by atoms with E-state index in [0.29, 0.717) is 6.04 Å². The molecule has 0 saturated heterocycles. The Balaban J connectivity index is 2.90. The first-order valence-electron chi connectivity index (χ1n) is 7.52. The van der Waals surface area contributed by atoms with Gasteiger partial charge in [-0.1, -0.05) is 57.9 Å². The van der Waals surface area contributed by atoms with Crippen LogP contribution in [-0.4, -0.2) is 7.05 Å². The van der Waals surface area contributed by atoms with E-state index in [1.54, 1.807) is 0 Å². The molecule has 1 N–H and O–H groups in total. The van der Waals surface area contributed by atoms with Gasteiger partial charge in [-0.3, -0.25) is 0 Å². The molecule has 0 heterocycles. The van der Waals surface area contributed by atoms with E-state index in [-0.39, 0.29) is 0 Å². The van der Waals surface area contributed by atoms with Crippen molar-refractivity contribution in [2.24, 2.45) is 5.92 Å². The van der Waals surface area contributed by atoms with Crippen molar-refractivity contribution in [3.8, 4) is 0 Å². The number of hydrogen-bond acceptors (Lipinski definition) is 1. The van der Waals surface area contributed by atoms with E-state index in [1.165, 1.54) is 36.8 Å². The average Bonchev–Trinajstić information content (AvgIpc) is 2.40. The van der Waals surface area contributed by atoms with Crippen molar-refractivity contribution >= 4 is 0 Å². The fourth-order valence-electron chi connectivity index (χ4n) is 2.90. The summed E-state index contributed by atoms with van der Waals surface area (Å²) in [6, 6.07) is 9.59. The second-order valence-electron chi connectivity index (χ2n) is 5.20. The molecule has 1 unspecified atom stereocenters. The zero-order chi connectivity index (χ0) is 13.4. The third kappa shape index (κ3) is 4.13. The Hall–Kier alpha value is -0.820. The summed E-state index contributed by atoms with van der Waals surface area (Å²) in [5, 5.41) is 3.54. The Morgan fingerprint density at radius 1 is 1.06 bits per heavy atom. The molecule has 1 aromatic carbocycles. The molecule has 0 aromatic heterocycles. The Kier molecular flexibility index (Phi) is 7.04. The lowest BCUT2D eigenvalue weighted by molar-refractivity contribution is 0.331. The molecule has 0 saturated carbocycles. The molecule has 0 bridgehead atoms. The lowest BCUT2D eigenvalue weighted by Crippen LogP contribution is -2.25. The predicted molar refractivity (Wildman–Crippen MR) is 80.9 cm³/mol. The van der Waals surface area contributed by atoms with Gasteiger partial charge in [-0.2, -0.15) is 0 Å². The number of hydrogen-bond donors (Lipinski definition) is 1. The lowest BCUT2D eigenvalue weighted by atomic mass is 9.85. The third-order valence-electron chi connectivity index (χ3n) is 3.82. The Bertz CT molecular complexity index is 326. The standard InChI is InChI=1S/C17H29N/c1-5-9-15(10-6-2)17(18-4)16-12-8-11-14(7-3)13-16/h8,11-13,15,17-18H,5-7,9-10H2,1-4H3. The molecular formula is C17H29N. The minimum absolute atomic E-state index is 0.511. The van der Waals surface area contributed by atoms with Gasteiger partial charge >= 0.3 is 0 Å². The van der Waals surface area contributed by atoms with Crippen LogP contribution in [0.15, 0.2) is 24.3 Å². The molecule has 0 aliphatic rings. The predicted octanol–water partition coefficient (Wildman–Crippen LogP) is 4.73.